The number of halogens is 1. The lowest BCUT2D eigenvalue weighted by Crippen LogP contribution is -2.14. The van der Waals surface area contributed by atoms with E-state index < -0.39 is 5.97 Å². The molecule has 0 spiro atoms. The number of nitrogens with zero attached hydrogens (tertiary/aromatic N) is 2. The Bertz CT molecular complexity index is 372. The predicted octanol–water partition coefficient (Wildman–Crippen LogP) is 1.21. The van der Waals surface area contributed by atoms with E-state index in [2.05, 4.69) is 20.9 Å². The molecule has 1 aromatic heterocycles. The lowest BCUT2D eigenvalue weighted by Gasteiger charge is -2.02. The topological polar surface area (TPSA) is 55.1 Å². The molecule has 13 heavy (non-hydrogen) atoms. The van der Waals surface area contributed by atoms with Crippen molar-refractivity contribution in [2.45, 2.75) is 19.9 Å². The zero-order valence-electron chi connectivity index (χ0n) is 7.12. The second-order valence-corrected chi connectivity index (χ2v) is 4.01. The largest absolute Gasteiger partial charge is 0.481 e. The number of carbonyl (C=O) groups is 1. The van der Waals surface area contributed by atoms with Crippen LogP contribution in [-0.4, -0.2) is 20.6 Å². The third kappa shape index (κ3) is 1.27. The van der Waals surface area contributed by atoms with Gasteiger partial charge in [-0.25, -0.2) is 4.98 Å². The van der Waals surface area contributed by atoms with Gasteiger partial charge in [-0.3, -0.25) is 4.79 Å². The maximum Gasteiger partial charge on any atom is 0.308 e. The van der Waals surface area contributed by atoms with Gasteiger partial charge >= 0.3 is 5.97 Å². The lowest BCUT2D eigenvalue weighted by atomic mass is 10.1. The summed E-state index contributed by atoms with van der Waals surface area (Å²) in [5.74, 6) is -0.175. The molecular weight excluding hydrogens is 236 g/mol. The first-order valence-corrected chi connectivity index (χ1v) is 4.83. The fourth-order valence-electron chi connectivity index (χ4n) is 1.62. The van der Waals surface area contributed by atoms with Crippen LogP contribution in [0.4, 0.5) is 0 Å². The molecule has 0 aromatic carbocycles. The van der Waals surface area contributed by atoms with Gasteiger partial charge in [-0.2, -0.15) is 0 Å². The Labute approximate surface area is 83.7 Å². The van der Waals surface area contributed by atoms with Crippen LogP contribution in [0.5, 0.6) is 0 Å². The molecule has 2 heterocycles. The summed E-state index contributed by atoms with van der Waals surface area (Å²) in [5.41, 5.74) is 0.929. The van der Waals surface area contributed by atoms with E-state index in [1.54, 1.807) is 0 Å². The average Bonchev–Trinajstić information content (AvgIpc) is 2.55. The van der Waals surface area contributed by atoms with Crippen LogP contribution < -0.4 is 0 Å². The van der Waals surface area contributed by atoms with E-state index in [0.29, 0.717) is 13.0 Å². The molecule has 70 valence electrons. The highest BCUT2D eigenvalue weighted by Gasteiger charge is 2.30. The number of rotatable bonds is 1. The summed E-state index contributed by atoms with van der Waals surface area (Å²) in [6.45, 7) is 2.44. The Morgan fingerprint density at radius 3 is 3.00 bits per heavy atom. The Hall–Kier alpha value is -0.840. The van der Waals surface area contributed by atoms with Gasteiger partial charge in [-0.05, 0) is 22.9 Å². The molecule has 2 rings (SSSR count). The van der Waals surface area contributed by atoms with E-state index in [9.17, 15) is 4.79 Å². The van der Waals surface area contributed by atoms with Crippen LogP contribution in [0.15, 0.2) is 4.60 Å². The minimum atomic E-state index is -0.741. The molecule has 0 radical (unpaired) electrons. The molecule has 0 saturated carbocycles. The normalized spacial score (nSPS) is 20.3. The van der Waals surface area contributed by atoms with Crippen molar-refractivity contribution in [3.63, 3.8) is 0 Å². The number of aromatic nitrogens is 2. The van der Waals surface area contributed by atoms with E-state index in [-0.39, 0.29) is 5.92 Å². The quantitative estimate of drug-likeness (QED) is 0.809. The highest BCUT2D eigenvalue weighted by molar-refractivity contribution is 9.10. The van der Waals surface area contributed by atoms with Crippen LogP contribution >= 0.6 is 15.9 Å². The van der Waals surface area contributed by atoms with Gasteiger partial charge in [0.2, 0.25) is 0 Å². The number of hydrogen-bond donors (Lipinski definition) is 1. The number of hydrogen-bond acceptors (Lipinski definition) is 2. The predicted molar refractivity (Wildman–Crippen MR) is 49.5 cm³/mol. The summed E-state index contributed by atoms with van der Waals surface area (Å²) in [5, 5.41) is 8.81. The zero-order chi connectivity index (χ0) is 9.59. The smallest absolute Gasteiger partial charge is 0.308 e. The summed E-state index contributed by atoms with van der Waals surface area (Å²) in [4.78, 5) is 15.0. The van der Waals surface area contributed by atoms with E-state index >= 15 is 0 Å². The maximum absolute atomic E-state index is 10.7. The fourth-order valence-corrected chi connectivity index (χ4v) is 2.06. The van der Waals surface area contributed by atoms with Gasteiger partial charge in [0, 0.05) is 13.0 Å². The third-order valence-corrected chi connectivity index (χ3v) is 3.33. The second kappa shape index (κ2) is 2.83. The number of aryl methyl sites for hydroxylation is 1. The number of fused-ring (bicyclic) bond motifs is 1. The Balaban J connectivity index is 2.33. The van der Waals surface area contributed by atoms with Crippen molar-refractivity contribution in [2.75, 3.05) is 0 Å². The summed E-state index contributed by atoms with van der Waals surface area (Å²) in [6.07, 6.45) is 0.543. The third-order valence-electron chi connectivity index (χ3n) is 2.33. The molecule has 0 amide bonds. The van der Waals surface area contributed by atoms with Crippen LogP contribution in [0.3, 0.4) is 0 Å². The van der Waals surface area contributed by atoms with Gasteiger partial charge in [-0.1, -0.05) is 0 Å². The molecule has 5 heteroatoms. The van der Waals surface area contributed by atoms with Gasteiger partial charge in [0.15, 0.2) is 0 Å². The highest BCUT2D eigenvalue weighted by Crippen LogP contribution is 2.27. The molecule has 1 N–H and O–H groups in total. The van der Waals surface area contributed by atoms with Gasteiger partial charge < -0.3 is 9.67 Å². The van der Waals surface area contributed by atoms with Crippen LogP contribution in [0.25, 0.3) is 0 Å². The van der Waals surface area contributed by atoms with Crippen molar-refractivity contribution in [3.8, 4) is 0 Å². The summed E-state index contributed by atoms with van der Waals surface area (Å²) >= 11 is 3.39. The Kier molecular flexibility index (Phi) is 1.91. The van der Waals surface area contributed by atoms with Crippen LogP contribution in [0, 0.1) is 12.8 Å². The van der Waals surface area contributed by atoms with Crippen molar-refractivity contribution in [1.29, 1.82) is 0 Å². The molecule has 1 aromatic rings. The molecular formula is C8H9BrN2O2. The minimum Gasteiger partial charge on any atom is -0.481 e. The average molecular weight is 245 g/mol. The minimum absolute atomic E-state index is 0.306. The fraction of sp³-hybridized carbons (Fsp3) is 0.500. The van der Waals surface area contributed by atoms with Gasteiger partial charge in [0.25, 0.3) is 0 Å². The Morgan fingerprint density at radius 1 is 1.77 bits per heavy atom. The van der Waals surface area contributed by atoms with Crippen LogP contribution in [-0.2, 0) is 17.8 Å². The molecule has 0 saturated heterocycles. The van der Waals surface area contributed by atoms with Gasteiger partial charge in [0.05, 0.1) is 11.6 Å². The van der Waals surface area contributed by atoms with E-state index in [1.807, 2.05) is 11.5 Å². The highest BCUT2D eigenvalue weighted by atomic mass is 79.9. The molecule has 1 aliphatic heterocycles. The second-order valence-electron chi connectivity index (χ2n) is 3.25. The lowest BCUT2D eigenvalue weighted by molar-refractivity contribution is -0.141. The van der Waals surface area contributed by atoms with Crippen molar-refractivity contribution >= 4 is 21.9 Å². The monoisotopic (exact) mass is 244 g/mol. The first-order chi connectivity index (χ1) is 6.09. The summed E-state index contributed by atoms with van der Waals surface area (Å²) in [7, 11) is 0. The molecule has 1 aliphatic rings. The molecule has 1 unspecified atom stereocenters. The molecule has 0 aliphatic carbocycles. The van der Waals surface area contributed by atoms with E-state index in [0.717, 1.165) is 16.1 Å². The van der Waals surface area contributed by atoms with E-state index in [4.69, 9.17) is 5.11 Å². The van der Waals surface area contributed by atoms with E-state index in [1.165, 1.54) is 0 Å². The number of aliphatic carboxylic acids is 1. The Morgan fingerprint density at radius 2 is 2.46 bits per heavy atom. The van der Waals surface area contributed by atoms with Crippen molar-refractivity contribution < 1.29 is 9.90 Å². The zero-order valence-corrected chi connectivity index (χ0v) is 8.71. The summed E-state index contributed by atoms with van der Waals surface area (Å²) < 4.78 is 2.83. The first kappa shape index (κ1) is 8.74. The van der Waals surface area contributed by atoms with Crippen molar-refractivity contribution in [1.82, 2.24) is 9.55 Å². The molecule has 4 nitrogen and oxygen atoms in total. The van der Waals surface area contributed by atoms with Crippen LogP contribution in [0.2, 0.25) is 0 Å². The van der Waals surface area contributed by atoms with Crippen molar-refractivity contribution in [3.05, 3.63) is 16.1 Å². The SMILES string of the molecule is Cc1nc2n(c1Br)CC(C(=O)O)C2. The number of imidazole rings is 1. The van der Waals surface area contributed by atoms with Gasteiger partial charge in [0.1, 0.15) is 10.4 Å². The van der Waals surface area contributed by atoms with Crippen molar-refractivity contribution in [2.24, 2.45) is 5.92 Å². The standard InChI is InChI=1S/C8H9BrN2O2/c1-4-7(9)11-3-5(8(12)13)2-6(11)10-4/h5H,2-3H2,1H3,(H,12,13). The maximum atomic E-state index is 10.7. The molecule has 0 bridgehead atoms. The number of carboxylic acid groups (broad SMARTS) is 1. The summed E-state index contributed by atoms with van der Waals surface area (Å²) in [6, 6.07) is 0. The molecule has 0 fully saturated rings. The van der Waals surface area contributed by atoms with Gasteiger partial charge in [-0.15, -0.1) is 0 Å². The first-order valence-electron chi connectivity index (χ1n) is 4.04. The van der Waals surface area contributed by atoms with Crippen LogP contribution in [0.1, 0.15) is 11.5 Å². The number of carboxylic acids is 1. The molecule has 1 atom stereocenters.